The second kappa shape index (κ2) is 3.74. The van der Waals surface area contributed by atoms with Crippen molar-refractivity contribution < 1.29 is 4.79 Å². The molecule has 1 aromatic rings. The molecule has 1 aromatic carbocycles. The summed E-state index contributed by atoms with van der Waals surface area (Å²) in [6.45, 7) is 3.01. The van der Waals surface area contributed by atoms with Gasteiger partial charge in [-0.1, -0.05) is 0 Å². The van der Waals surface area contributed by atoms with Crippen molar-refractivity contribution in [3.63, 3.8) is 0 Å². The van der Waals surface area contributed by atoms with Gasteiger partial charge in [-0.05, 0) is 25.2 Å². The summed E-state index contributed by atoms with van der Waals surface area (Å²) in [5, 5.41) is 0. The number of hydrogen-bond acceptors (Lipinski definition) is 4. The van der Waals surface area contributed by atoms with E-state index in [1.54, 1.807) is 0 Å². The molecule has 0 spiro atoms. The first kappa shape index (κ1) is 10.6. The highest BCUT2D eigenvalue weighted by Crippen LogP contribution is 2.33. The van der Waals surface area contributed by atoms with E-state index in [1.165, 1.54) is 0 Å². The third-order valence-corrected chi connectivity index (χ3v) is 3.74. The quantitative estimate of drug-likeness (QED) is 0.676. The standard InChI is InChI=1S/C13H17N3O/c1-15-4-5-16-10(8-15)7-13(17)11-6-9(14)2-3-12(11)16/h2-3,6,10H,4-5,7-8,14H2,1H3. The number of piperazine rings is 1. The zero-order valence-corrected chi connectivity index (χ0v) is 10.0. The number of fused-ring (bicyclic) bond motifs is 3. The lowest BCUT2D eigenvalue weighted by atomic mass is 9.92. The minimum atomic E-state index is 0.226. The van der Waals surface area contributed by atoms with E-state index < -0.39 is 0 Å². The lowest BCUT2D eigenvalue weighted by Gasteiger charge is -2.44. The van der Waals surface area contributed by atoms with Crippen molar-refractivity contribution in [2.75, 3.05) is 37.3 Å². The van der Waals surface area contributed by atoms with Crippen LogP contribution in [0.2, 0.25) is 0 Å². The average molecular weight is 231 g/mol. The minimum Gasteiger partial charge on any atom is -0.399 e. The second-order valence-corrected chi connectivity index (χ2v) is 5.01. The van der Waals surface area contributed by atoms with Crippen molar-refractivity contribution in [3.05, 3.63) is 23.8 Å². The van der Waals surface area contributed by atoms with E-state index in [0.717, 1.165) is 30.9 Å². The fourth-order valence-corrected chi connectivity index (χ4v) is 2.85. The van der Waals surface area contributed by atoms with Crippen molar-refractivity contribution in [2.24, 2.45) is 0 Å². The van der Waals surface area contributed by atoms with Gasteiger partial charge in [0.15, 0.2) is 5.78 Å². The molecule has 1 saturated heterocycles. The van der Waals surface area contributed by atoms with E-state index in [1.807, 2.05) is 18.2 Å². The molecule has 17 heavy (non-hydrogen) atoms. The summed E-state index contributed by atoms with van der Waals surface area (Å²) in [4.78, 5) is 16.7. The first-order chi connectivity index (χ1) is 8.15. The van der Waals surface area contributed by atoms with Gasteiger partial charge in [0, 0.05) is 49.0 Å². The van der Waals surface area contributed by atoms with Crippen LogP contribution in [0, 0.1) is 0 Å². The smallest absolute Gasteiger partial charge is 0.167 e. The second-order valence-electron chi connectivity index (χ2n) is 5.01. The number of nitrogen functional groups attached to an aromatic ring is 1. The maximum Gasteiger partial charge on any atom is 0.167 e. The Morgan fingerprint density at radius 1 is 1.35 bits per heavy atom. The molecule has 0 amide bonds. The number of hydrogen-bond donors (Lipinski definition) is 1. The number of Topliss-reactive ketones (excluding diaryl/α,β-unsaturated/α-hetero) is 1. The number of ketones is 1. The Hall–Kier alpha value is -1.55. The molecule has 0 aliphatic carbocycles. The van der Waals surface area contributed by atoms with Crippen molar-refractivity contribution in [2.45, 2.75) is 12.5 Å². The number of carbonyl (C=O) groups is 1. The van der Waals surface area contributed by atoms with Crippen molar-refractivity contribution in [1.29, 1.82) is 0 Å². The summed E-state index contributed by atoms with van der Waals surface area (Å²) in [5.74, 6) is 0.226. The van der Waals surface area contributed by atoms with E-state index in [2.05, 4.69) is 16.8 Å². The summed E-state index contributed by atoms with van der Waals surface area (Å²) in [6.07, 6.45) is 0.612. The number of nitrogens with two attached hydrogens (primary N) is 1. The van der Waals surface area contributed by atoms with Crippen LogP contribution >= 0.6 is 0 Å². The Kier molecular flexibility index (Phi) is 2.33. The van der Waals surface area contributed by atoms with Crippen LogP contribution in [-0.4, -0.2) is 43.4 Å². The SMILES string of the molecule is CN1CCN2c3ccc(N)cc3C(=O)CC2C1. The maximum atomic E-state index is 12.1. The molecule has 2 aliphatic rings. The summed E-state index contributed by atoms with van der Waals surface area (Å²) >= 11 is 0. The predicted molar refractivity (Wildman–Crippen MR) is 68.4 cm³/mol. The van der Waals surface area contributed by atoms with Gasteiger partial charge in [-0.3, -0.25) is 4.79 Å². The number of carbonyl (C=O) groups excluding carboxylic acids is 1. The molecule has 4 nitrogen and oxygen atoms in total. The maximum absolute atomic E-state index is 12.1. The molecule has 90 valence electrons. The predicted octanol–water partition coefficient (Wildman–Crippen LogP) is 0.976. The van der Waals surface area contributed by atoms with Gasteiger partial charge < -0.3 is 15.5 Å². The van der Waals surface area contributed by atoms with Crippen LogP contribution in [0.25, 0.3) is 0 Å². The van der Waals surface area contributed by atoms with Crippen LogP contribution in [0.4, 0.5) is 11.4 Å². The minimum absolute atomic E-state index is 0.226. The molecule has 2 heterocycles. The summed E-state index contributed by atoms with van der Waals surface area (Å²) in [5.41, 5.74) is 8.29. The molecule has 4 heteroatoms. The molecule has 0 aromatic heterocycles. The normalized spacial score (nSPS) is 24.4. The Balaban J connectivity index is 2.03. The molecule has 0 saturated carbocycles. The highest BCUT2D eigenvalue weighted by atomic mass is 16.1. The largest absolute Gasteiger partial charge is 0.399 e. The molecule has 0 radical (unpaired) electrons. The number of rotatable bonds is 0. The Morgan fingerprint density at radius 2 is 2.18 bits per heavy atom. The van der Waals surface area contributed by atoms with E-state index in [4.69, 9.17) is 5.73 Å². The Labute approximate surface area is 101 Å². The van der Waals surface area contributed by atoms with Gasteiger partial charge in [0.1, 0.15) is 0 Å². The van der Waals surface area contributed by atoms with Gasteiger partial charge in [0.2, 0.25) is 0 Å². The van der Waals surface area contributed by atoms with Gasteiger partial charge in [0.05, 0.1) is 0 Å². The summed E-state index contributed by atoms with van der Waals surface area (Å²) in [7, 11) is 2.11. The van der Waals surface area contributed by atoms with E-state index in [9.17, 15) is 4.79 Å². The van der Waals surface area contributed by atoms with Crippen LogP contribution in [0.3, 0.4) is 0 Å². The highest BCUT2D eigenvalue weighted by Gasteiger charge is 2.34. The first-order valence-electron chi connectivity index (χ1n) is 6.03. The van der Waals surface area contributed by atoms with Crippen LogP contribution in [0.5, 0.6) is 0 Å². The molecule has 1 atom stereocenters. The van der Waals surface area contributed by atoms with Crippen molar-refractivity contribution in [1.82, 2.24) is 4.90 Å². The first-order valence-corrected chi connectivity index (χ1v) is 6.03. The van der Waals surface area contributed by atoms with E-state index >= 15 is 0 Å². The highest BCUT2D eigenvalue weighted by molar-refractivity contribution is 6.04. The Bertz CT molecular complexity index is 472. The van der Waals surface area contributed by atoms with Crippen LogP contribution in [-0.2, 0) is 0 Å². The third kappa shape index (κ3) is 1.69. The van der Waals surface area contributed by atoms with E-state index in [-0.39, 0.29) is 5.78 Å². The lowest BCUT2D eigenvalue weighted by molar-refractivity contribution is 0.0951. The molecule has 0 bridgehead atoms. The Morgan fingerprint density at radius 3 is 3.00 bits per heavy atom. The fraction of sp³-hybridized carbons (Fsp3) is 0.462. The average Bonchev–Trinajstić information content (AvgIpc) is 2.29. The molecule has 1 unspecified atom stereocenters. The van der Waals surface area contributed by atoms with Crippen LogP contribution in [0.15, 0.2) is 18.2 Å². The van der Waals surface area contributed by atoms with Gasteiger partial charge in [-0.15, -0.1) is 0 Å². The van der Waals surface area contributed by atoms with Gasteiger partial charge in [0.25, 0.3) is 0 Å². The van der Waals surface area contributed by atoms with E-state index in [0.29, 0.717) is 18.2 Å². The molecule has 1 fully saturated rings. The van der Waals surface area contributed by atoms with Crippen molar-refractivity contribution in [3.8, 4) is 0 Å². The summed E-state index contributed by atoms with van der Waals surface area (Å²) < 4.78 is 0. The zero-order valence-electron chi connectivity index (χ0n) is 10.0. The number of anilines is 2. The molecular weight excluding hydrogens is 214 g/mol. The van der Waals surface area contributed by atoms with Crippen LogP contribution in [0.1, 0.15) is 16.8 Å². The van der Waals surface area contributed by atoms with Gasteiger partial charge in [-0.25, -0.2) is 0 Å². The number of benzene rings is 1. The third-order valence-electron chi connectivity index (χ3n) is 3.74. The van der Waals surface area contributed by atoms with Gasteiger partial charge >= 0.3 is 0 Å². The monoisotopic (exact) mass is 231 g/mol. The lowest BCUT2D eigenvalue weighted by Crippen LogP contribution is -2.54. The summed E-state index contributed by atoms with van der Waals surface area (Å²) in [6, 6.07) is 6.01. The van der Waals surface area contributed by atoms with Gasteiger partial charge in [-0.2, -0.15) is 0 Å². The molecule has 2 N–H and O–H groups in total. The molecular formula is C13H17N3O. The molecule has 2 aliphatic heterocycles. The zero-order chi connectivity index (χ0) is 12.0. The topological polar surface area (TPSA) is 49.6 Å². The fourth-order valence-electron chi connectivity index (χ4n) is 2.85. The number of nitrogens with zero attached hydrogens (tertiary/aromatic N) is 2. The number of likely N-dealkylation sites (N-methyl/N-ethyl adjacent to an activating group) is 1. The van der Waals surface area contributed by atoms with Crippen LogP contribution < -0.4 is 10.6 Å². The molecule has 3 rings (SSSR count). The van der Waals surface area contributed by atoms with Crippen molar-refractivity contribution >= 4 is 17.2 Å².